The molecule has 0 aromatic heterocycles. The van der Waals surface area contributed by atoms with E-state index in [0.717, 1.165) is 13.1 Å². The van der Waals surface area contributed by atoms with Gasteiger partial charge >= 0.3 is 0 Å². The predicted molar refractivity (Wildman–Crippen MR) is 63.4 cm³/mol. The number of carbonyl (C=O) groups excluding carboxylic acids is 1. The van der Waals surface area contributed by atoms with Crippen molar-refractivity contribution in [3.8, 4) is 0 Å². The van der Waals surface area contributed by atoms with E-state index in [2.05, 4.69) is 29.4 Å². The smallest absolute Gasteiger partial charge is 0.234 e. The predicted octanol–water partition coefficient (Wildman–Crippen LogP) is -0.569. The van der Waals surface area contributed by atoms with Crippen LogP contribution >= 0.6 is 0 Å². The van der Waals surface area contributed by atoms with Crippen molar-refractivity contribution < 1.29 is 9.53 Å². The highest BCUT2D eigenvalue weighted by atomic mass is 16.5. The van der Waals surface area contributed by atoms with Crippen molar-refractivity contribution in [2.75, 3.05) is 39.9 Å². The number of carbonyl (C=O) groups is 1. The summed E-state index contributed by atoms with van der Waals surface area (Å²) < 4.78 is 4.88. The Bertz CT molecular complexity index is 223. The molecule has 0 radical (unpaired) electrons. The molecule has 5 nitrogen and oxygen atoms in total. The quantitative estimate of drug-likeness (QED) is 0.620. The lowest BCUT2D eigenvalue weighted by Crippen LogP contribution is -2.56. The second kappa shape index (κ2) is 6.83. The minimum atomic E-state index is 0.0815. The van der Waals surface area contributed by atoms with Gasteiger partial charge in [0.2, 0.25) is 5.91 Å². The summed E-state index contributed by atoms with van der Waals surface area (Å²) in [5.41, 5.74) is 0. The molecule has 5 heteroatoms. The lowest BCUT2D eigenvalue weighted by molar-refractivity contribution is -0.123. The van der Waals surface area contributed by atoms with Gasteiger partial charge in [-0.3, -0.25) is 9.69 Å². The van der Waals surface area contributed by atoms with E-state index < -0.39 is 0 Å². The highest BCUT2D eigenvalue weighted by Gasteiger charge is 2.23. The largest absolute Gasteiger partial charge is 0.383 e. The molecule has 94 valence electrons. The van der Waals surface area contributed by atoms with Gasteiger partial charge in [-0.2, -0.15) is 0 Å². The van der Waals surface area contributed by atoms with E-state index in [-0.39, 0.29) is 5.91 Å². The SMILES string of the molecule is COCCNC(=O)CN1CC(C)NCC1C. The molecule has 0 aromatic rings. The molecule has 2 N–H and O–H groups in total. The number of nitrogens with zero attached hydrogens (tertiary/aromatic N) is 1. The molecule has 0 aromatic carbocycles. The van der Waals surface area contributed by atoms with Gasteiger partial charge in [0.15, 0.2) is 0 Å². The molecule has 1 saturated heterocycles. The Morgan fingerprint density at radius 1 is 1.56 bits per heavy atom. The first-order chi connectivity index (χ1) is 7.63. The molecule has 2 unspecified atom stereocenters. The molecule has 1 aliphatic rings. The molecule has 0 saturated carbocycles. The van der Waals surface area contributed by atoms with Gasteiger partial charge in [0.25, 0.3) is 0 Å². The van der Waals surface area contributed by atoms with Crippen LogP contribution in [0.25, 0.3) is 0 Å². The van der Waals surface area contributed by atoms with Crippen molar-refractivity contribution in [1.29, 1.82) is 0 Å². The van der Waals surface area contributed by atoms with Crippen LogP contribution in [0.1, 0.15) is 13.8 Å². The van der Waals surface area contributed by atoms with Gasteiger partial charge < -0.3 is 15.4 Å². The first kappa shape index (κ1) is 13.4. The second-order valence-electron chi connectivity index (χ2n) is 4.43. The zero-order valence-electron chi connectivity index (χ0n) is 10.5. The first-order valence-corrected chi connectivity index (χ1v) is 5.86. The lowest BCUT2D eigenvalue weighted by Gasteiger charge is -2.36. The summed E-state index contributed by atoms with van der Waals surface area (Å²) >= 11 is 0. The van der Waals surface area contributed by atoms with Crippen molar-refractivity contribution in [2.45, 2.75) is 25.9 Å². The maximum atomic E-state index is 11.6. The summed E-state index contributed by atoms with van der Waals surface area (Å²) in [5.74, 6) is 0.0815. The fourth-order valence-electron chi connectivity index (χ4n) is 1.85. The van der Waals surface area contributed by atoms with Gasteiger partial charge in [0.1, 0.15) is 0 Å². The summed E-state index contributed by atoms with van der Waals surface area (Å²) in [4.78, 5) is 13.8. The van der Waals surface area contributed by atoms with Crippen LogP contribution in [0.2, 0.25) is 0 Å². The Hall–Kier alpha value is -0.650. The molecular weight excluding hydrogens is 206 g/mol. The van der Waals surface area contributed by atoms with E-state index >= 15 is 0 Å². The Kier molecular flexibility index (Phi) is 5.73. The topological polar surface area (TPSA) is 53.6 Å². The monoisotopic (exact) mass is 229 g/mol. The Morgan fingerprint density at radius 3 is 3.00 bits per heavy atom. The molecule has 0 aliphatic carbocycles. The minimum Gasteiger partial charge on any atom is -0.383 e. The van der Waals surface area contributed by atoms with Crippen molar-refractivity contribution >= 4 is 5.91 Å². The average Bonchev–Trinajstić information content (AvgIpc) is 2.24. The molecule has 1 rings (SSSR count). The van der Waals surface area contributed by atoms with Crippen molar-refractivity contribution in [1.82, 2.24) is 15.5 Å². The highest BCUT2D eigenvalue weighted by Crippen LogP contribution is 2.05. The van der Waals surface area contributed by atoms with Gasteiger partial charge in [0, 0.05) is 38.8 Å². The van der Waals surface area contributed by atoms with Crippen LogP contribution in [-0.4, -0.2) is 62.8 Å². The minimum absolute atomic E-state index is 0.0815. The van der Waals surface area contributed by atoms with E-state index in [1.807, 2.05) is 0 Å². The molecule has 2 atom stereocenters. The second-order valence-corrected chi connectivity index (χ2v) is 4.43. The van der Waals surface area contributed by atoms with E-state index in [1.165, 1.54) is 0 Å². The fraction of sp³-hybridized carbons (Fsp3) is 0.909. The van der Waals surface area contributed by atoms with Crippen LogP contribution in [0, 0.1) is 0 Å². The van der Waals surface area contributed by atoms with Crippen molar-refractivity contribution in [2.24, 2.45) is 0 Å². The molecular formula is C11H23N3O2. The Morgan fingerprint density at radius 2 is 2.31 bits per heavy atom. The van der Waals surface area contributed by atoms with Crippen LogP contribution in [0.4, 0.5) is 0 Å². The summed E-state index contributed by atoms with van der Waals surface area (Å²) in [6.45, 7) is 7.80. The number of hydrogen-bond acceptors (Lipinski definition) is 4. The zero-order valence-corrected chi connectivity index (χ0v) is 10.5. The maximum Gasteiger partial charge on any atom is 0.234 e. The third kappa shape index (κ3) is 4.47. The van der Waals surface area contributed by atoms with Gasteiger partial charge in [-0.25, -0.2) is 0 Å². The normalized spacial score (nSPS) is 26.7. The van der Waals surface area contributed by atoms with Crippen LogP contribution in [0.15, 0.2) is 0 Å². The highest BCUT2D eigenvalue weighted by molar-refractivity contribution is 5.78. The number of rotatable bonds is 5. The van der Waals surface area contributed by atoms with E-state index in [1.54, 1.807) is 7.11 Å². The molecule has 1 fully saturated rings. The number of methoxy groups -OCH3 is 1. The number of amides is 1. The molecule has 0 bridgehead atoms. The fourth-order valence-corrected chi connectivity index (χ4v) is 1.85. The van der Waals surface area contributed by atoms with E-state index in [9.17, 15) is 4.79 Å². The lowest BCUT2D eigenvalue weighted by atomic mass is 10.1. The number of ether oxygens (including phenoxy) is 1. The van der Waals surface area contributed by atoms with Gasteiger partial charge in [0.05, 0.1) is 13.2 Å². The van der Waals surface area contributed by atoms with Crippen molar-refractivity contribution in [3.63, 3.8) is 0 Å². The molecule has 0 spiro atoms. The van der Waals surface area contributed by atoms with Crippen molar-refractivity contribution in [3.05, 3.63) is 0 Å². The van der Waals surface area contributed by atoms with Gasteiger partial charge in [-0.15, -0.1) is 0 Å². The van der Waals surface area contributed by atoms with Crippen LogP contribution in [0.5, 0.6) is 0 Å². The summed E-state index contributed by atoms with van der Waals surface area (Å²) in [6.07, 6.45) is 0. The standard InChI is InChI=1S/C11H23N3O2/c1-9-7-14(10(2)6-13-9)8-11(15)12-4-5-16-3/h9-10,13H,4-8H2,1-3H3,(H,12,15). The zero-order chi connectivity index (χ0) is 12.0. The van der Waals surface area contributed by atoms with Crippen LogP contribution in [0.3, 0.4) is 0 Å². The summed E-state index contributed by atoms with van der Waals surface area (Å²) in [6, 6.07) is 0.882. The third-order valence-corrected chi connectivity index (χ3v) is 2.87. The first-order valence-electron chi connectivity index (χ1n) is 5.86. The Balaban J connectivity index is 2.25. The molecule has 1 heterocycles. The van der Waals surface area contributed by atoms with Gasteiger partial charge in [-0.05, 0) is 13.8 Å². The Labute approximate surface area is 97.5 Å². The van der Waals surface area contributed by atoms with Crippen LogP contribution in [-0.2, 0) is 9.53 Å². The summed E-state index contributed by atoms with van der Waals surface area (Å²) in [7, 11) is 1.63. The molecule has 1 amide bonds. The van der Waals surface area contributed by atoms with E-state index in [0.29, 0.717) is 31.8 Å². The number of piperazine rings is 1. The summed E-state index contributed by atoms with van der Waals surface area (Å²) in [5, 5.41) is 6.23. The van der Waals surface area contributed by atoms with E-state index in [4.69, 9.17) is 4.74 Å². The number of nitrogens with one attached hydrogen (secondary N) is 2. The third-order valence-electron chi connectivity index (χ3n) is 2.87. The molecule has 1 aliphatic heterocycles. The van der Waals surface area contributed by atoms with Crippen LogP contribution < -0.4 is 10.6 Å². The average molecular weight is 229 g/mol. The molecule has 16 heavy (non-hydrogen) atoms. The van der Waals surface area contributed by atoms with Gasteiger partial charge in [-0.1, -0.05) is 0 Å². The number of hydrogen-bond donors (Lipinski definition) is 2. The maximum absolute atomic E-state index is 11.6.